The Bertz CT molecular complexity index is 357. The molecule has 100 valence electrons. The first-order valence-corrected chi connectivity index (χ1v) is 7.29. The van der Waals surface area contributed by atoms with Crippen LogP contribution in [0.3, 0.4) is 0 Å². The minimum absolute atomic E-state index is 0.919. The van der Waals surface area contributed by atoms with Crippen molar-refractivity contribution in [3.8, 4) is 0 Å². The maximum absolute atomic E-state index is 4.70. The SMILES string of the molecule is CCCNc1cccc(N2CCC(CC)CC2)n1. The van der Waals surface area contributed by atoms with Gasteiger partial charge in [0.1, 0.15) is 11.6 Å². The molecular formula is C15H25N3. The Balaban J connectivity index is 1.96. The Morgan fingerprint density at radius 1 is 1.28 bits per heavy atom. The van der Waals surface area contributed by atoms with Gasteiger partial charge in [0.05, 0.1) is 0 Å². The molecule has 0 unspecified atom stereocenters. The van der Waals surface area contributed by atoms with Gasteiger partial charge in [0.2, 0.25) is 0 Å². The zero-order valence-electron chi connectivity index (χ0n) is 11.7. The maximum Gasteiger partial charge on any atom is 0.130 e. The van der Waals surface area contributed by atoms with Gasteiger partial charge in [-0.15, -0.1) is 0 Å². The smallest absolute Gasteiger partial charge is 0.130 e. The van der Waals surface area contributed by atoms with Gasteiger partial charge in [-0.05, 0) is 37.3 Å². The second kappa shape index (κ2) is 6.62. The molecule has 0 amide bonds. The van der Waals surface area contributed by atoms with Crippen molar-refractivity contribution in [2.24, 2.45) is 5.92 Å². The predicted octanol–water partition coefficient (Wildman–Crippen LogP) is 3.53. The van der Waals surface area contributed by atoms with Gasteiger partial charge in [0.25, 0.3) is 0 Å². The number of pyridine rings is 1. The monoisotopic (exact) mass is 247 g/mol. The van der Waals surface area contributed by atoms with Crippen molar-refractivity contribution in [3.05, 3.63) is 18.2 Å². The number of anilines is 2. The summed E-state index contributed by atoms with van der Waals surface area (Å²) in [5.74, 6) is 3.06. The second-order valence-electron chi connectivity index (χ2n) is 5.15. The van der Waals surface area contributed by atoms with Crippen LogP contribution in [0.2, 0.25) is 0 Å². The van der Waals surface area contributed by atoms with Crippen molar-refractivity contribution in [3.63, 3.8) is 0 Å². The molecule has 0 aromatic carbocycles. The summed E-state index contributed by atoms with van der Waals surface area (Å²) in [7, 11) is 0. The molecule has 0 spiro atoms. The molecule has 1 aliphatic heterocycles. The molecule has 3 heteroatoms. The van der Waals surface area contributed by atoms with Crippen molar-refractivity contribution < 1.29 is 0 Å². The molecule has 1 fully saturated rings. The highest BCUT2D eigenvalue weighted by atomic mass is 15.2. The van der Waals surface area contributed by atoms with E-state index in [1.54, 1.807) is 0 Å². The van der Waals surface area contributed by atoms with Gasteiger partial charge in [0.15, 0.2) is 0 Å². The van der Waals surface area contributed by atoms with Crippen LogP contribution >= 0.6 is 0 Å². The van der Waals surface area contributed by atoms with Gasteiger partial charge in [-0.25, -0.2) is 4.98 Å². The van der Waals surface area contributed by atoms with Crippen LogP contribution in [0.1, 0.15) is 39.5 Å². The zero-order valence-corrected chi connectivity index (χ0v) is 11.7. The third-order valence-corrected chi connectivity index (χ3v) is 3.81. The molecule has 3 nitrogen and oxygen atoms in total. The maximum atomic E-state index is 4.70. The van der Waals surface area contributed by atoms with Crippen LogP contribution in [0.5, 0.6) is 0 Å². The number of nitrogens with one attached hydrogen (secondary N) is 1. The van der Waals surface area contributed by atoms with Gasteiger partial charge in [0, 0.05) is 19.6 Å². The van der Waals surface area contributed by atoms with Gasteiger partial charge in [-0.3, -0.25) is 0 Å². The zero-order chi connectivity index (χ0) is 12.8. The van der Waals surface area contributed by atoms with E-state index in [0.717, 1.165) is 43.6 Å². The average Bonchev–Trinajstić information content (AvgIpc) is 2.45. The topological polar surface area (TPSA) is 28.2 Å². The first-order chi connectivity index (χ1) is 8.83. The Labute approximate surface area is 111 Å². The quantitative estimate of drug-likeness (QED) is 0.862. The Morgan fingerprint density at radius 3 is 2.72 bits per heavy atom. The van der Waals surface area contributed by atoms with Gasteiger partial charge < -0.3 is 10.2 Å². The standard InChI is InChI=1S/C15H25N3/c1-3-10-16-14-6-5-7-15(17-14)18-11-8-13(4-2)9-12-18/h5-7,13H,3-4,8-12H2,1-2H3,(H,16,17). The molecule has 1 saturated heterocycles. The number of nitrogens with zero attached hydrogens (tertiary/aromatic N) is 2. The lowest BCUT2D eigenvalue weighted by Gasteiger charge is -2.32. The van der Waals surface area contributed by atoms with Gasteiger partial charge >= 0.3 is 0 Å². The third kappa shape index (κ3) is 3.37. The van der Waals surface area contributed by atoms with E-state index in [2.05, 4.69) is 42.3 Å². The fourth-order valence-electron chi connectivity index (χ4n) is 2.52. The summed E-state index contributed by atoms with van der Waals surface area (Å²) < 4.78 is 0. The molecule has 1 aromatic rings. The van der Waals surface area contributed by atoms with E-state index in [-0.39, 0.29) is 0 Å². The summed E-state index contributed by atoms with van der Waals surface area (Å²) in [6.45, 7) is 7.78. The van der Waals surface area contributed by atoms with Crippen LogP contribution in [-0.2, 0) is 0 Å². The molecule has 2 rings (SSSR count). The summed E-state index contributed by atoms with van der Waals surface area (Å²) in [5.41, 5.74) is 0. The molecule has 0 aliphatic carbocycles. The van der Waals surface area contributed by atoms with E-state index in [9.17, 15) is 0 Å². The summed E-state index contributed by atoms with van der Waals surface area (Å²) in [6.07, 6.45) is 5.07. The second-order valence-corrected chi connectivity index (χ2v) is 5.15. The highest BCUT2D eigenvalue weighted by Crippen LogP contribution is 2.24. The van der Waals surface area contributed by atoms with E-state index >= 15 is 0 Å². The lowest BCUT2D eigenvalue weighted by molar-refractivity contribution is 0.394. The van der Waals surface area contributed by atoms with Crippen molar-refractivity contribution in [2.45, 2.75) is 39.5 Å². The van der Waals surface area contributed by atoms with Gasteiger partial charge in [-0.2, -0.15) is 0 Å². The highest BCUT2D eigenvalue weighted by Gasteiger charge is 2.18. The van der Waals surface area contributed by atoms with Crippen molar-refractivity contribution >= 4 is 11.6 Å². The van der Waals surface area contributed by atoms with Crippen LogP contribution in [0.15, 0.2) is 18.2 Å². The van der Waals surface area contributed by atoms with Crippen LogP contribution in [0.4, 0.5) is 11.6 Å². The van der Waals surface area contributed by atoms with Crippen LogP contribution in [-0.4, -0.2) is 24.6 Å². The lowest BCUT2D eigenvalue weighted by Crippen LogP contribution is -2.34. The molecule has 1 aromatic heterocycles. The van der Waals surface area contributed by atoms with Crippen LogP contribution < -0.4 is 10.2 Å². The largest absolute Gasteiger partial charge is 0.370 e. The van der Waals surface area contributed by atoms with E-state index in [1.165, 1.54) is 19.3 Å². The van der Waals surface area contributed by atoms with E-state index < -0.39 is 0 Å². The fourth-order valence-corrected chi connectivity index (χ4v) is 2.52. The normalized spacial score (nSPS) is 16.9. The fraction of sp³-hybridized carbons (Fsp3) is 0.667. The molecular weight excluding hydrogens is 222 g/mol. The first-order valence-electron chi connectivity index (χ1n) is 7.29. The van der Waals surface area contributed by atoms with E-state index in [1.807, 2.05) is 0 Å². The Morgan fingerprint density at radius 2 is 2.06 bits per heavy atom. The third-order valence-electron chi connectivity index (χ3n) is 3.81. The number of hydrogen-bond donors (Lipinski definition) is 1. The van der Waals surface area contributed by atoms with Crippen molar-refractivity contribution in [2.75, 3.05) is 29.9 Å². The minimum atomic E-state index is 0.919. The van der Waals surface area contributed by atoms with E-state index in [0.29, 0.717) is 0 Å². The number of hydrogen-bond acceptors (Lipinski definition) is 3. The number of rotatable bonds is 5. The van der Waals surface area contributed by atoms with Crippen molar-refractivity contribution in [1.29, 1.82) is 0 Å². The molecule has 2 heterocycles. The number of piperidine rings is 1. The molecule has 1 N–H and O–H groups in total. The Kier molecular flexibility index (Phi) is 4.85. The molecule has 18 heavy (non-hydrogen) atoms. The molecule has 0 saturated carbocycles. The molecule has 0 atom stereocenters. The Hall–Kier alpha value is -1.25. The number of aromatic nitrogens is 1. The minimum Gasteiger partial charge on any atom is -0.370 e. The van der Waals surface area contributed by atoms with Crippen molar-refractivity contribution in [1.82, 2.24) is 4.98 Å². The summed E-state index contributed by atoms with van der Waals surface area (Å²) >= 11 is 0. The molecule has 0 radical (unpaired) electrons. The summed E-state index contributed by atoms with van der Waals surface area (Å²) in [5, 5.41) is 3.36. The van der Waals surface area contributed by atoms with Gasteiger partial charge in [-0.1, -0.05) is 26.3 Å². The average molecular weight is 247 g/mol. The summed E-state index contributed by atoms with van der Waals surface area (Å²) in [6, 6.07) is 6.29. The molecule has 1 aliphatic rings. The molecule has 0 bridgehead atoms. The highest BCUT2D eigenvalue weighted by molar-refractivity contribution is 5.47. The first kappa shape index (κ1) is 13.2. The summed E-state index contributed by atoms with van der Waals surface area (Å²) in [4.78, 5) is 7.12. The lowest BCUT2D eigenvalue weighted by atomic mass is 9.94. The van der Waals surface area contributed by atoms with Crippen LogP contribution in [0.25, 0.3) is 0 Å². The van der Waals surface area contributed by atoms with Crippen LogP contribution in [0, 0.1) is 5.92 Å². The van der Waals surface area contributed by atoms with E-state index in [4.69, 9.17) is 4.98 Å². The predicted molar refractivity (Wildman–Crippen MR) is 78.2 cm³/mol.